The zero-order valence-corrected chi connectivity index (χ0v) is 12.2. The van der Waals surface area contributed by atoms with Gasteiger partial charge in [-0.3, -0.25) is 0 Å². The van der Waals surface area contributed by atoms with Gasteiger partial charge in [-0.15, -0.1) is 0 Å². The molecule has 3 N–H and O–H groups in total. The van der Waals surface area contributed by atoms with Crippen LogP contribution in [0.2, 0.25) is 0 Å². The van der Waals surface area contributed by atoms with Crippen LogP contribution in [0.3, 0.4) is 0 Å². The van der Waals surface area contributed by atoms with Crippen molar-refractivity contribution in [2.45, 2.75) is 12.8 Å². The molecule has 0 aliphatic rings. The van der Waals surface area contributed by atoms with Crippen LogP contribution in [-0.4, -0.2) is 24.3 Å². The molecule has 0 radical (unpaired) electrons. The number of hydrogen-bond acceptors (Lipinski definition) is 4. The summed E-state index contributed by atoms with van der Waals surface area (Å²) in [4.78, 5) is 10.7. The van der Waals surface area contributed by atoms with Crippen LogP contribution in [0.25, 0.3) is 0 Å². The third-order valence-electron chi connectivity index (χ3n) is 3.06. The average molecular weight is 301 g/mol. The van der Waals surface area contributed by atoms with Crippen LogP contribution in [0.1, 0.15) is 23.2 Å². The molecule has 0 saturated carbocycles. The van der Waals surface area contributed by atoms with E-state index < -0.39 is 5.97 Å². The number of carbonyl (C=O) groups is 1. The summed E-state index contributed by atoms with van der Waals surface area (Å²) in [6.07, 6.45) is 1.73. The first kappa shape index (κ1) is 15.7. The lowest BCUT2D eigenvalue weighted by atomic mass is 10.2. The van der Waals surface area contributed by atoms with Crippen LogP contribution in [0.15, 0.2) is 48.5 Å². The van der Waals surface area contributed by atoms with Gasteiger partial charge in [0.1, 0.15) is 11.5 Å². The predicted octanol–water partition coefficient (Wildman–Crippen LogP) is 3.21. The molecule has 5 heteroatoms. The molecule has 0 fully saturated rings. The van der Waals surface area contributed by atoms with Gasteiger partial charge >= 0.3 is 5.97 Å². The maximum atomic E-state index is 10.7. The van der Waals surface area contributed by atoms with E-state index in [4.69, 9.17) is 20.3 Å². The van der Waals surface area contributed by atoms with Gasteiger partial charge in [-0.25, -0.2) is 4.79 Å². The topological polar surface area (TPSA) is 81.8 Å². The molecule has 0 aliphatic carbocycles. The second-order valence-corrected chi connectivity index (χ2v) is 4.80. The Hall–Kier alpha value is -2.69. The maximum absolute atomic E-state index is 10.7. The number of rotatable bonds is 8. The Morgan fingerprint density at radius 1 is 0.864 bits per heavy atom. The fraction of sp³-hybridized carbons (Fsp3) is 0.235. The molecule has 22 heavy (non-hydrogen) atoms. The molecule has 2 aromatic rings. The minimum absolute atomic E-state index is 0.254. The molecule has 0 spiro atoms. The van der Waals surface area contributed by atoms with Crippen molar-refractivity contribution in [3.63, 3.8) is 0 Å². The van der Waals surface area contributed by atoms with Crippen LogP contribution in [0, 0.1) is 0 Å². The van der Waals surface area contributed by atoms with Gasteiger partial charge in [0.15, 0.2) is 0 Å². The number of aromatic carboxylic acids is 1. The summed E-state index contributed by atoms with van der Waals surface area (Å²) in [7, 11) is 0. The Morgan fingerprint density at radius 2 is 1.32 bits per heavy atom. The number of nitrogen functional groups attached to an aromatic ring is 1. The molecule has 0 heterocycles. The number of hydrogen-bond donors (Lipinski definition) is 2. The van der Waals surface area contributed by atoms with Gasteiger partial charge in [-0.1, -0.05) is 0 Å². The second kappa shape index (κ2) is 7.93. The highest BCUT2D eigenvalue weighted by Crippen LogP contribution is 2.14. The maximum Gasteiger partial charge on any atom is 0.335 e. The highest BCUT2D eigenvalue weighted by Gasteiger charge is 2.02. The van der Waals surface area contributed by atoms with Gasteiger partial charge in [0, 0.05) is 5.69 Å². The lowest BCUT2D eigenvalue weighted by molar-refractivity contribution is 0.0697. The zero-order valence-electron chi connectivity index (χ0n) is 12.2. The highest BCUT2D eigenvalue weighted by molar-refractivity contribution is 5.87. The van der Waals surface area contributed by atoms with E-state index in [1.165, 1.54) is 12.1 Å². The molecule has 116 valence electrons. The Labute approximate surface area is 129 Å². The predicted molar refractivity (Wildman–Crippen MR) is 84.5 cm³/mol. The highest BCUT2D eigenvalue weighted by atomic mass is 16.5. The summed E-state index contributed by atoms with van der Waals surface area (Å²) in [6.45, 7) is 1.18. The number of ether oxygens (including phenoxy) is 2. The minimum atomic E-state index is -0.939. The Kier molecular flexibility index (Phi) is 5.65. The van der Waals surface area contributed by atoms with Gasteiger partial charge in [-0.05, 0) is 61.4 Å². The average Bonchev–Trinajstić information content (AvgIpc) is 2.53. The van der Waals surface area contributed by atoms with Crippen LogP contribution in [0.5, 0.6) is 11.5 Å². The molecule has 0 amide bonds. The molecule has 2 rings (SSSR count). The van der Waals surface area contributed by atoms with E-state index in [2.05, 4.69) is 0 Å². The lowest BCUT2D eigenvalue weighted by Crippen LogP contribution is -2.03. The first-order chi connectivity index (χ1) is 10.6. The standard InChI is InChI=1S/C17H19NO4/c18-14-5-9-16(10-6-14)22-12-2-1-11-21-15-7-3-13(4-8-15)17(19)20/h3-10H,1-2,11-12,18H2,(H,19,20). The summed E-state index contributed by atoms with van der Waals surface area (Å²) in [5.74, 6) is 0.537. The first-order valence-corrected chi connectivity index (χ1v) is 7.09. The van der Waals surface area contributed by atoms with Gasteiger partial charge in [0.25, 0.3) is 0 Å². The summed E-state index contributed by atoms with van der Waals surface area (Å²) in [6, 6.07) is 13.7. The smallest absolute Gasteiger partial charge is 0.335 e. The summed E-state index contributed by atoms with van der Waals surface area (Å²) in [5, 5.41) is 8.80. The Balaban J connectivity index is 1.61. The molecule has 0 aliphatic heterocycles. The molecule has 0 saturated heterocycles. The fourth-order valence-corrected chi connectivity index (χ4v) is 1.84. The fourth-order valence-electron chi connectivity index (χ4n) is 1.84. The van der Waals surface area contributed by atoms with Crippen molar-refractivity contribution in [1.29, 1.82) is 0 Å². The molecule has 0 aromatic heterocycles. The molecule has 0 bridgehead atoms. The third-order valence-corrected chi connectivity index (χ3v) is 3.06. The van der Waals surface area contributed by atoms with Crippen molar-refractivity contribution in [3.05, 3.63) is 54.1 Å². The monoisotopic (exact) mass is 301 g/mol. The Bertz CT molecular complexity index is 593. The lowest BCUT2D eigenvalue weighted by Gasteiger charge is -2.08. The number of carboxylic acids is 1. The van der Waals surface area contributed by atoms with Crippen LogP contribution in [0.4, 0.5) is 5.69 Å². The number of carboxylic acid groups (broad SMARTS) is 1. The van der Waals surface area contributed by atoms with Crippen molar-refractivity contribution in [2.24, 2.45) is 0 Å². The number of anilines is 1. The molecule has 0 unspecified atom stereocenters. The molecule has 0 atom stereocenters. The first-order valence-electron chi connectivity index (χ1n) is 7.09. The molecular weight excluding hydrogens is 282 g/mol. The van der Waals surface area contributed by atoms with E-state index in [1.54, 1.807) is 24.3 Å². The van der Waals surface area contributed by atoms with Crippen molar-refractivity contribution in [3.8, 4) is 11.5 Å². The molecule has 2 aromatic carbocycles. The van der Waals surface area contributed by atoms with Crippen molar-refractivity contribution < 1.29 is 19.4 Å². The summed E-state index contributed by atoms with van der Waals surface area (Å²) in [5.41, 5.74) is 6.57. The number of benzene rings is 2. The molecular formula is C17H19NO4. The second-order valence-electron chi connectivity index (χ2n) is 4.80. The van der Waals surface area contributed by atoms with E-state index >= 15 is 0 Å². The van der Waals surface area contributed by atoms with E-state index in [0.717, 1.165) is 24.3 Å². The van der Waals surface area contributed by atoms with E-state index in [0.29, 0.717) is 19.0 Å². The minimum Gasteiger partial charge on any atom is -0.494 e. The summed E-state index contributed by atoms with van der Waals surface area (Å²) >= 11 is 0. The zero-order chi connectivity index (χ0) is 15.8. The van der Waals surface area contributed by atoms with Crippen LogP contribution in [-0.2, 0) is 0 Å². The quantitative estimate of drug-likeness (QED) is 0.578. The van der Waals surface area contributed by atoms with Crippen molar-refractivity contribution in [1.82, 2.24) is 0 Å². The van der Waals surface area contributed by atoms with Crippen LogP contribution < -0.4 is 15.2 Å². The van der Waals surface area contributed by atoms with Crippen molar-refractivity contribution in [2.75, 3.05) is 18.9 Å². The van der Waals surface area contributed by atoms with Crippen molar-refractivity contribution >= 4 is 11.7 Å². The Morgan fingerprint density at radius 3 is 1.77 bits per heavy atom. The van der Waals surface area contributed by atoms with Crippen LogP contribution >= 0.6 is 0 Å². The SMILES string of the molecule is Nc1ccc(OCCCCOc2ccc(C(=O)O)cc2)cc1. The van der Waals surface area contributed by atoms with E-state index in [9.17, 15) is 4.79 Å². The normalized spacial score (nSPS) is 10.2. The molecule has 5 nitrogen and oxygen atoms in total. The number of nitrogens with two attached hydrogens (primary N) is 1. The van der Waals surface area contributed by atoms with Gasteiger partial charge in [0.05, 0.1) is 18.8 Å². The van der Waals surface area contributed by atoms with E-state index in [-0.39, 0.29) is 5.56 Å². The van der Waals surface area contributed by atoms with Gasteiger partial charge < -0.3 is 20.3 Å². The van der Waals surface area contributed by atoms with Gasteiger partial charge in [0.2, 0.25) is 0 Å². The van der Waals surface area contributed by atoms with Gasteiger partial charge in [-0.2, -0.15) is 0 Å². The summed E-state index contributed by atoms with van der Waals surface area (Å²) < 4.78 is 11.1. The third kappa shape index (κ3) is 5.01. The number of unbranched alkanes of at least 4 members (excludes halogenated alkanes) is 1. The van der Waals surface area contributed by atoms with E-state index in [1.807, 2.05) is 12.1 Å². The largest absolute Gasteiger partial charge is 0.494 e.